The third kappa shape index (κ3) is 6.74. The number of rotatable bonds is 8. The molecule has 2 aromatic carbocycles. The number of nitrogens with one attached hydrogen (secondary N) is 2. The molecule has 2 aliphatic rings. The lowest BCUT2D eigenvalue weighted by molar-refractivity contribution is 0.0602. The topological polar surface area (TPSA) is 95.1 Å². The molecule has 3 heterocycles. The van der Waals surface area contributed by atoms with Gasteiger partial charge in [0.1, 0.15) is 11.6 Å². The van der Waals surface area contributed by atoms with Gasteiger partial charge in [-0.1, -0.05) is 12.1 Å². The van der Waals surface area contributed by atoms with Crippen molar-refractivity contribution in [2.45, 2.75) is 25.8 Å². The van der Waals surface area contributed by atoms with E-state index in [4.69, 9.17) is 9.47 Å². The van der Waals surface area contributed by atoms with Gasteiger partial charge in [0, 0.05) is 63.3 Å². The lowest BCUT2D eigenvalue weighted by Gasteiger charge is -2.43. The van der Waals surface area contributed by atoms with Crippen LogP contribution in [0.4, 0.5) is 28.8 Å². The van der Waals surface area contributed by atoms with Crippen LogP contribution >= 0.6 is 15.9 Å². The second-order valence-electron chi connectivity index (χ2n) is 10.6. The molecular formula is C30H38BrN7O3. The van der Waals surface area contributed by atoms with Crippen LogP contribution in [-0.2, 0) is 4.74 Å². The molecule has 11 heteroatoms. The van der Waals surface area contributed by atoms with E-state index in [0.717, 1.165) is 43.2 Å². The number of carbonyl (C=O) groups excluding carboxylic acids is 1. The van der Waals surface area contributed by atoms with Crippen molar-refractivity contribution in [3.05, 3.63) is 58.2 Å². The number of esters is 1. The summed E-state index contributed by atoms with van der Waals surface area (Å²) < 4.78 is 11.4. The molecule has 10 nitrogen and oxygen atoms in total. The molecule has 218 valence electrons. The van der Waals surface area contributed by atoms with Gasteiger partial charge < -0.3 is 29.9 Å². The van der Waals surface area contributed by atoms with E-state index in [1.807, 2.05) is 6.07 Å². The summed E-state index contributed by atoms with van der Waals surface area (Å²) in [7, 11) is 5.25. The third-order valence-electron chi connectivity index (χ3n) is 7.95. The summed E-state index contributed by atoms with van der Waals surface area (Å²) in [6, 6.07) is 12.0. The molecule has 41 heavy (non-hydrogen) atoms. The number of benzene rings is 2. The van der Waals surface area contributed by atoms with E-state index in [2.05, 4.69) is 77.3 Å². The van der Waals surface area contributed by atoms with E-state index in [9.17, 15) is 4.79 Å². The quantitative estimate of drug-likeness (QED) is 0.332. The molecule has 3 aromatic rings. The number of methoxy groups -OCH3 is 2. The summed E-state index contributed by atoms with van der Waals surface area (Å²) in [4.78, 5) is 28.9. The highest BCUT2D eigenvalue weighted by atomic mass is 79.9. The van der Waals surface area contributed by atoms with Crippen LogP contribution in [0.5, 0.6) is 5.75 Å². The maximum absolute atomic E-state index is 12.2. The Hall–Kier alpha value is -3.41. The summed E-state index contributed by atoms with van der Waals surface area (Å²) in [5.74, 6) is 1.20. The number of carbonyl (C=O) groups is 1. The summed E-state index contributed by atoms with van der Waals surface area (Å²) in [6.45, 7) is 8.85. The summed E-state index contributed by atoms with van der Waals surface area (Å²) in [6.07, 6.45) is 4.01. The van der Waals surface area contributed by atoms with Gasteiger partial charge >= 0.3 is 5.97 Å². The Labute approximate surface area is 250 Å². The normalized spacial score (nSPS) is 16.9. The molecule has 2 aliphatic heterocycles. The highest BCUT2D eigenvalue weighted by Crippen LogP contribution is 2.36. The number of para-hydroxylation sites is 1. The van der Waals surface area contributed by atoms with Crippen LogP contribution < -0.4 is 20.3 Å². The van der Waals surface area contributed by atoms with E-state index < -0.39 is 5.97 Å². The van der Waals surface area contributed by atoms with Crippen LogP contribution in [0.25, 0.3) is 0 Å². The van der Waals surface area contributed by atoms with Gasteiger partial charge in [-0.15, -0.1) is 0 Å². The van der Waals surface area contributed by atoms with Gasteiger partial charge in [-0.05, 0) is 66.5 Å². The maximum Gasteiger partial charge on any atom is 0.339 e. The number of hydrogen-bond donors (Lipinski definition) is 2. The van der Waals surface area contributed by atoms with E-state index in [1.165, 1.54) is 38.7 Å². The van der Waals surface area contributed by atoms with Gasteiger partial charge in [-0.2, -0.15) is 4.98 Å². The summed E-state index contributed by atoms with van der Waals surface area (Å²) in [5, 5.41) is 6.54. The van der Waals surface area contributed by atoms with Gasteiger partial charge in [0.15, 0.2) is 0 Å². The minimum absolute atomic E-state index is 0.393. The molecule has 1 aromatic heterocycles. The van der Waals surface area contributed by atoms with Crippen LogP contribution in [0.1, 0.15) is 28.8 Å². The summed E-state index contributed by atoms with van der Waals surface area (Å²) >= 11 is 3.51. The van der Waals surface area contributed by atoms with Gasteiger partial charge in [0.05, 0.1) is 35.6 Å². The molecular weight excluding hydrogens is 586 g/mol. The Morgan fingerprint density at radius 1 is 1.00 bits per heavy atom. The number of nitrogens with zero attached hydrogens (tertiary/aromatic N) is 5. The van der Waals surface area contributed by atoms with Gasteiger partial charge in [-0.3, -0.25) is 4.90 Å². The molecule has 5 rings (SSSR count). The fraction of sp³-hybridized carbons (Fsp3) is 0.433. The number of aromatic nitrogens is 2. The first-order chi connectivity index (χ1) is 19.9. The monoisotopic (exact) mass is 623 g/mol. The second-order valence-corrected chi connectivity index (χ2v) is 11.4. The zero-order valence-corrected chi connectivity index (χ0v) is 25.7. The molecule has 0 radical (unpaired) electrons. The molecule has 0 amide bonds. The predicted octanol–water partition coefficient (Wildman–Crippen LogP) is 5.05. The van der Waals surface area contributed by atoms with E-state index in [-0.39, 0.29) is 0 Å². The number of aryl methyl sites for hydroxylation is 1. The first-order valence-electron chi connectivity index (χ1n) is 14.0. The third-order valence-corrected chi connectivity index (χ3v) is 8.53. The first-order valence-corrected chi connectivity index (χ1v) is 14.8. The van der Waals surface area contributed by atoms with Gasteiger partial charge in [0.25, 0.3) is 0 Å². The standard InChI is InChI=1S/C30H38BrN7O3/c1-20-17-25(27(40-3)18-26(20)38-11-9-21(10-12-38)37-15-13-36(2)14-16-37)34-30-32-19-23(31)28(35-30)33-24-8-6-5-7-22(24)29(39)41-4/h5-8,17-19,21H,9-16H2,1-4H3,(H2,32,33,34,35). The molecule has 2 saturated heterocycles. The molecule has 2 fully saturated rings. The fourth-order valence-electron chi connectivity index (χ4n) is 5.59. The molecule has 0 bridgehead atoms. The largest absolute Gasteiger partial charge is 0.494 e. The van der Waals surface area contributed by atoms with Gasteiger partial charge in [0.2, 0.25) is 5.95 Å². The van der Waals surface area contributed by atoms with Crippen LogP contribution in [0.2, 0.25) is 0 Å². The van der Waals surface area contributed by atoms with Crippen LogP contribution in [0.3, 0.4) is 0 Å². The van der Waals surface area contributed by atoms with Crippen molar-refractivity contribution in [3.63, 3.8) is 0 Å². The smallest absolute Gasteiger partial charge is 0.339 e. The highest BCUT2D eigenvalue weighted by Gasteiger charge is 2.27. The number of ether oxygens (including phenoxy) is 2. The molecule has 0 aliphatic carbocycles. The molecule has 0 spiro atoms. The van der Waals surface area contributed by atoms with Crippen molar-refractivity contribution in [1.82, 2.24) is 19.8 Å². The zero-order chi connectivity index (χ0) is 28.9. The Morgan fingerprint density at radius 2 is 1.73 bits per heavy atom. The van der Waals surface area contributed by atoms with E-state index >= 15 is 0 Å². The van der Waals surface area contributed by atoms with Crippen molar-refractivity contribution >= 4 is 50.7 Å². The predicted molar refractivity (Wildman–Crippen MR) is 166 cm³/mol. The number of anilines is 5. The van der Waals surface area contributed by atoms with E-state index in [0.29, 0.717) is 33.5 Å². The lowest BCUT2D eigenvalue weighted by atomic mass is 10.0. The Morgan fingerprint density at radius 3 is 2.44 bits per heavy atom. The lowest BCUT2D eigenvalue weighted by Crippen LogP contribution is -2.52. The number of halogens is 1. The zero-order valence-electron chi connectivity index (χ0n) is 24.1. The maximum atomic E-state index is 12.2. The SMILES string of the molecule is COC(=O)c1ccccc1Nc1nc(Nc2cc(C)c(N3CCC(N4CCN(C)CC4)CC3)cc2OC)ncc1Br. The Kier molecular flexibility index (Phi) is 9.26. The van der Waals surface area contributed by atoms with E-state index in [1.54, 1.807) is 31.5 Å². The number of likely N-dealkylation sites (N-methyl/N-ethyl adjacent to an activating group) is 1. The fourth-order valence-corrected chi connectivity index (χ4v) is 5.88. The van der Waals surface area contributed by atoms with Crippen LogP contribution in [0.15, 0.2) is 47.1 Å². The first kappa shape index (κ1) is 29.1. The van der Waals surface area contributed by atoms with Crippen molar-refractivity contribution in [2.75, 3.05) is 76.1 Å². The highest BCUT2D eigenvalue weighted by molar-refractivity contribution is 9.10. The minimum atomic E-state index is -0.430. The van der Waals surface area contributed by atoms with Crippen molar-refractivity contribution in [3.8, 4) is 5.75 Å². The molecule has 2 N–H and O–H groups in total. The summed E-state index contributed by atoms with van der Waals surface area (Å²) in [5.41, 5.74) is 4.13. The molecule has 0 unspecified atom stereocenters. The average molecular weight is 625 g/mol. The number of piperazine rings is 1. The second kappa shape index (κ2) is 13.1. The molecule has 0 atom stereocenters. The number of piperidine rings is 1. The van der Waals surface area contributed by atoms with Crippen LogP contribution in [0, 0.1) is 6.92 Å². The Balaban J connectivity index is 1.30. The van der Waals surface area contributed by atoms with Crippen molar-refractivity contribution in [1.29, 1.82) is 0 Å². The molecule has 0 saturated carbocycles. The minimum Gasteiger partial charge on any atom is -0.494 e. The number of hydrogen-bond acceptors (Lipinski definition) is 10. The average Bonchev–Trinajstić information content (AvgIpc) is 2.99. The van der Waals surface area contributed by atoms with Crippen molar-refractivity contribution in [2.24, 2.45) is 0 Å². The Bertz CT molecular complexity index is 1370. The van der Waals surface area contributed by atoms with Crippen molar-refractivity contribution < 1.29 is 14.3 Å². The van der Waals surface area contributed by atoms with Crippen LogP contribution in [-0.4, -0.2) is 92.3 Å². The van der Waals surface area contributed by atoms with Gasteiger partial charge in [-0.25, -0.2) is 9.78 Å².